The van der Waals surface area contributed by atoms with Gasteiger partial charge in [-0.3, -0.25) is 4.79 Å². The summed E-state index contributed by atoms with van der Waals surface area (Å²) in [7, 11) is 0. The molecule has 1 atom stereocenters. The number of carbonyl (C=O) groups excluding carboxylic acids is 1. The van der Waals surface area contributed by atoms with Crippen LogP contribution in [0, 0.1) is 11.3 Å². The van der Waals surface area contributed by atoms with Gasteiger partial charge >= 0.3 is 0 Å². The Morgan fingerprint density at radius 1 is 0.962 bits per heavy atom. The van der Waals surface area contributed by atoms with Gasteiger partial charge in [-0.25, -0.2) is 0 Å². The molecule has 0 aromatic heterocycles. The lowest BCUT2D eigenvalue weighted by molar-refractivity contribution is 0.0666. The number of hydrogen-bond acceptors (Lipinski definition) is 3. The fourth-order valence-corrected chi connectivity index (χ4v) is 3.28. The topological polar surface area (TPSA) is 56.1 Å². The van der Waals surface area contributed by atoms with Gasteiger partial charge in [0.1, 0.15) is 6.17 Å². The Morgan fingerprint density at radius 2 is 1.73 bits per heavy atom. The van der Waals surface area contributed by atoms with Crippen LogP contribution in [0.3, 0.4) is 0 Å². The average molecular weight is 339 g/mol. The molecule has 1 amide bonds. The molecular formula is C22H17N3O. The minimum Gasteiger partial charge on any atom is -0.361 e. The Labute approximate surface area is 152 Å². The second-order valence-corrected chi connectivity index (χ2v) is 6.25. The predicted octanol–water partition coefficient (Wildman–Crippen LogP) is 4.32. The molecule has 0 aliphatic carbocycles. The molecule has 1 heterocycles. The van der Waals surface area contributed by atoms with Crippen LogP contribution in [0.25, 0.3) is 0 Å². The van der Waals surface area contributed by atoms with Crippen molar-refractivity contribution < 1.29 is 4.79 Å². The molecule has 0 saturated heterocycles. The van der Waals surface area contributed by atoms with E-state index in [1.54, 1.807) is 6.07 Å². The van der Waals surface area contributed by atoms with Crippen molar-refractivity contribution in [2.45, 2.75) is 12.7 Å². The molecule has 0 saturated carbocycles. The van der Waals surface area contributed by atoms with Gasteiger partial charge in [0, 0.05) is 12.2 Å². The Morgan fingerprint density at radius 3 is 2.54 bits per heavy atom. The Bertz CT molecular complexity index is 992. The maximum Gasteiger partial charge on any atom is 0.258 e. The summed E-state index contributed by atoms with van der Waals surface area (Å²) in [6.07, 6.45) is -0.328. The van der Waals surface area contributed by atoms with Crippen molar-refractivity contribution in [3.8, 4) is 6.07 Å². The van der Waals surface area contributed by atoms with E-state index in [2.05, 4.69) is 11.4 Å². The van der Waals surface area contributed by atoms with Crippen LogP contribution in [0.4, 0.5) is 5.69 Å². The van der Waals surface area contributed by atoms with Gasteiger partial charge in [0.2, 0.25) is 0 Å². The molecule has 26 heavy (non-hydrogen) atoms. The number of hydrogen-bond donors (Lipinski definition) is 1. The number of nitrogens with one attached hydrogen (secondary N) is 1. The van der Waals surface area contributed by atoms with Crippen molar-refractivity contribution in [2.24, 2.45) is 0 Å². The number of anilines is 1. The SMILES string of the molecule is N#Cc1cccc([C@@H]2Nc3ccccc3C(=O)N2Cc2ccccc2)c1. The first-order chi connectivity index (χ1) is 12.8. The molecule has 0 radical (unpaired) electrons. The zero-order chi connectivity index (χ0) is 17.9. The molecule has 0 bridgehead atoms. The number of benzene rings is 3. The summed E-state index contributed by atoms with van der Waals surface area (Å²) in [5, 5.41) is 12.7. The van der Waals surface area contributed by atoms with Gasteiger partial charge in [-0.1, -0.05) is 54.6 Å². The summed E-state index contributed by atoms with van der Waals surface area (Å²) in [4.78, 5) is 15.0. The number of amides is 1. The van der Waals surface area contributed by atoms with E-state index >= 15 is 0 Å². The smallest absolute Gasteiger partial charge is 0.258 e. The number of para-hydroxylation sites is 1. The van der Waals surface area contributed by atoms with Crippen LogP contribution in [0.5, 0.6) is 0 Å². The third kappa shape index (κ3) is 2.91. The Kier molecular flexibility index (Phi) is 4.12. The lowest BCUT2D eigenvalue weighted by atomic mass is 10.0. The molecule has 4 rings (SSSR count). The van der Waals surface area contributed by atoms with E-state index in [1.807, 2.05) is 77.7 Å². The van der Waals surface area contributed by atoms with Gasteiger partial charge in [-0.15, -0.1) is 0 Å². The van der Waals surface area contributed by atoms with Crippen molar-refractivity contribution in [3.05, 3.63) is 101 Å². The molecule has 1 aliphatic rings. The summed E-state index contributed by atoms with van der Waals surface area (Å²) in [5.41, 5.74) is 4.01. The number of nitriles is 1. The normalized spacial score (nSPS) is 15.7. The summed E-state index contributed by atoms with van der Waals surface area (Å²) >= 11 is 0. The molecule has 1 aliphatic heterocycles. The summed E-state index contributed by atoms with van der Waals surface area (Å²) in [6.45, 7) is 0.489. The number of fused-ring (bicyclic) bond motifs is 1. The van der Waals surface area contributed by atoms with Crippen molar-refractivity contribution >= 4 is 11.6 Å². The molecule has 3 aromatic rings. The highest BCUT2D eigenvalue weighted by atomic mass is 16.2. The van der Waals surface area contributed by atoms with Crippen LogP contribution < -0.4 is 5.32 Å². The summed E-state index contributed by atoms with van der Waals surface area (Å²) in [6, 6.07) is 27.0. The third-order valence-corrected chi connectivity index (χ3v) is 4.55. The quantitative estimate of drug-likeness (QED) is 0.773. The highest BCUT2D eigenvalue weighted by Gasteiger charge is 2.32. The zero-order valence-corrected chi connectivity index (χ0v) is 14.1. The highest BCUT2D eigenvalue weighted by Crippen LogP contribution is 2.34. The number of rotatable bonds is 3. The standard InChI is InChI=1S/C22H17N3O/c23-14-17-9-6-10-18(13-17)21-24-20-12-5-4-11-19(20)22(26)25(21)15-16-7-2-1-3-8-16/h1-13,21,24H,15H2/t21-/m1/s1. The molecule has 1 N–H and O–H groups in total. The first-order valence-corrected chi connectivity index (χ1v) is 8.47. The predicted molar refractivity (Wildman–Crippen MR) is 100 cm³/mol. The van der Waals surface area contributed by atoms with E-state index in [0.717, 1.165) is 16.8 Å². The molecule has 4 heteroatoms. The molecular weight excluding hydrogens is 322 g/mol. The van der Waals surface area contributed by atoms with Crippen LogP contribution in [-0.4, -0.2) is 10.8 Å². The fourth-order valence-electron chi connectivity index (χ4n) is 3.28. The molecule has 0 unspecified atom stereocenters. The minimum absolute atomic E-state index is 0.0180. The van der Waals surface area contributed by atoms with E-state index in [4.69, 9.17) is 0 Å². The molecule has 0 spiro atoms. The van der Waals surface area contributed by atoms with Crippen molar-refractivity contribution in [3.63, 3.8) is 0 Å². The van der Waals surface area contributed by atoms with E-state index in [1.165, 1.54) is 0 Å². The van der Waals surface area contributed by atoms with Crippen molar-refractivity contribution in [2.75, 3.05) is 5.32 Å². The summed E-state index contributed by atoms with van der Waals surface area (Å²) < 4.78 is 0. The van der Waals surface area contributed by atoms with Crippen LogP contribution in [-0.2, 0) is 6.54 Å². The number of carbonyl (C=O) groups is 1. The van der Waals surface area contributed by atoms with E-state index in [-0.39, 0.29) is 12.1 Å². The van der Waals surface area contributed by atoms with Crippen molar-refractivity contribution in [1.29, 1.82) is 5.26 Å². The fraction of sp³-hybridized carbons (Fsp3) is 0.0909. The molecule has 126 valence electrons. The van der Waals surface area contributed by atoms with Crippen LogP contribution in [0.2, 0.25) is 0 Å². The van der Waals surface area contributed by atoms with Crippen molar-refractivity contribution in [1.82, 2.24) is 4.90 Å². The second-order valence-electron chi connectivity index (χ2n) is 6.25. The van der Waals surface area contributed by atoms with Crippen LogP contribution in [0.1, 0.15) is 33.2 Å². The van der Waals surface area contributed by atoms with Crippen LogP contribution in [0.15, 0.2) is 78.9 Å². The minimum atomic E-state index is -0.328. The van der Waals surface area contributed by atoms with Gasteiger partial charge in [0.05, 0.1) is 17.2 Å². The Hall–Kier alpha value is -3.58. The van der Waals surface area contributed by atoms with Gasteiger partial charge in [0.15, 0.2) is 0 Å². The molecule has 4 nitrogen and oxygen atoms in total. The van der Waals surface area contributed by atoms with Gasteiger partial charge in [-0.2, -0.15) is 5.26 Å². The second kappa shape index (κ2) is 6.73. The van der Waals surface area contributed by atoms with E-state index in [9.17, 15) is 10.1 Å². The average Bonchev–Trinajstić information content (AvgIpc) is 2.71. The molecule has 0 fully saturated rings. The van der Waals surface area contributed by atoms with E-state index < -0.39 is 0 Å². The van der Waals surface area contributed by atoms with Crippen LogP contribution >= 0.6 is 0 Å². The van der Waals surface area contributed by atoms with Gasteiger partial charge in [0.25, 0.3) is 5.91 Å². The third-order valence-electron chi connectivity index (χ3n) is 4.55. The van der Waals surface area contributed by atoms with E-state index in [0.29, 0.717) is 17.7 Å². The lowest BCUT2D eigenvalue weighted by Crippen LogP contribution is -2.42. The monoisotopic (exact) mass is 339 g/mol. The maximum atomic E-state index is 13.2. The first-order valence-electron chi connectivity index (χ1n) is 8.47. The van der Waals surface area contributed by atoms with Gasteiger partial charge in [-0.05, 0) is 35.4 Å². The number of nitrogens with zero attached hydrogens (tertiary/aromatic N) is 2. The highest BCUT2D eigenvalue weighted by molar-refractivity contribution is 6.01. The largest absolute Gasteiger partial charge is 0.361 e. The maximum absolute atomic E-state index is 13.2. The zero-order valence-electron chi connectivity index (χ0n) is 14.1. The first kappa shape index (κ1) is 15.9. The lowest BCUT2D eigenvalue weighted by Gasteiger charge is -2.38. The molecule has 3 aromatic carbocycles. The van der Waals surface area contributed by atoms with Gasteiger partial charge < -0.3 is 10.2 Å². The summed E-state index contributed by atoms with van der Waals surface area (Å²) in [5.74, 6) is -0.0180. The Balaban J connectivity index is 1.78.